The maximum Gasteiger partial charge on any atom is 0.387 e. The fraction of sp³-hybridized carbons (Fsp3) is 0.250. The van der Waals surface area contributed by atoms with Crippen LogP contribution in [-0.4, -0.2) is 22.4 Å². The number of pyridine rings is 1. The number of carbonyl (C=O) groups is 1. The fourth-order valence-electron chi connectivity index (χ4n) is 3.89. The number of alkyl halides is 2. The summed E-state index contributed by atoms with van der Waals surface area (Å²) in [7, 11) is 0. The van der Waals surface area contributed by atoms with Crippen LogP contribution in [0.1, 0.15) is 38.2 Å². The summed E-state index contributed by atoms with van der Waals surface area (Å²) in [6.45, 7) is 1.47. The van der Waals surface area contributed by atoms with E-state index in [4.69, 9.17) is 0 Å². The Morgan fingerprint density at radius 3 is 2.58 bits per heavy atom. The van der Waals surface area contributed by atoms with Gasteiger partial charge in [0.05, 0.1) is 0 Å². The number of carbonyl (C=O) groups excluding carboxylic acids is 1. The minimum Gasteiger partial charge on any atom is -0.435 e. The molecule has 0 saturated heterocycles. The zero-order chi connectivity index (χ0) is 21.8. The molecule has 0 saturated carbocycles. The topological polar surface area (TPSA) is 54.5 Å². The van der Waals surface area contributed by atoms with E-state index in [9.17, 15) is 13.6 Å². The largest absolute Gasteiger partial charge is 0.435 e. The van der Waals surface area contributed by atoms with Crippen molar-refractivity contribution in [1.29, 1.82) is 0 Å². The van der Waals surface area contributed by atoms with Crippen molar-refractivity contribution >= 4 is 5.91 Å². The van der Waals surface area contributed by atoms with E-state index in [1.807, 2.05) is 31.3 Å². The molecule has 160 valence electrons. The van der Waals surface area contributed by atoms with Crippen molar-refractivity contribution in [3.63, 3.8) is 0 Å². The molecule has 5 nitrogen and oxygen atoms in total. The Morgan fingerprint density at radius 1 is 1.10 bits per heavy atom. The Morgan fingerprint density at radius 2 is 1.87 bits per heavy atom. The molecule has 1 amide bonds. The second-order valence-electron chi connectivity index (χ2n) is 7.60. The third-order valence-corrected chi connectivity index (χ3v) is 5.24. The number of nitrogens with zero attached hydrogens (tertiary/aromatic N) is 2. The van der Waals surface area contributed by atoms with Gasteiger partial charge in [-0.2, -0.15) is 8.78 Å². The lowest BCUT2D eigenvalue weighted by molar-refractivity contribution is -0.0498. The monoisotopic (exact) mass is 423 g/mol. The first-order valence-corrected chi connectivity index (χ1v) is 10.0. The summed E-state index contributed by atoms with van der Waals surface area (Å²) in [6.07, 6.45) is 3.59. The number of benzene rings is 2. The van der Waals surface area contributed by atoms with Crippen LogP contribution in [0.2, 0.25) is 0 Å². The number of rotatable bonds is 8. The van der Waals surface area contributed by atoms with Crippen LogP contribution >= 0.6 is 0 Å². The number of aromatic nitrogens is 1. The van der Waals surface area contributed by atoms with Crippen LogP contribution in [0.5, 0.6) is 5.75 Å². The number of hydrogen-bond acceptors (Lipinski definition) is 4. The van der Waals surface area contributed by atoms with Gasteiger partial charge in [0.25, 0.3) is 5.91 Å². The lowest BCUT2D eigenvalue weighted by atomic mass is 10.0. The summed E-state index contributed by atoms with van der Waals surface area (Å²) in [5, 5.41) is 3.41. The summed E-state index contributed by atoms with van der Waals surface area (Å²) < 4.78 is 29.0. The predicted octanol–water partition coefficient (Wildman–Crippen LogP) is 4.44. The maximum absolute atomic E-state index is 12.9. The van der Waals surface area contributed by atoms with Gasteiger partial charge < -0.3 is 15.0 Å². The minimum absolute atomic E-state index is 0.00437. The molecule has 3 aromatic rings. The minimum atomic E-state index is -2.85. The van der Waals surface area contributed by atoms with Gasteiger partial charge in [-0.1, -0.05) is 30.3 Å². The Bertz CT molecular complexity index is 1060. The van der Waals surface area contributed by atoms with Crippen LogP contribution in [0, 0.1) is 6.92 Å². The number of aryl methyl sites for hydroxylation is 1. The predicted molar refractivity (Wildman–Crippen MR) is 113 cm³/mol. The van der Waals surface area contributed by atoms with Gasteiger partial charge in [0, 0.05) is 44.1 Å². The summed E-state index contributed by atoms with van der Waals surface area (Å²) in [5.41, 5.74) is 5.84. The molecule has 2 aromatic carbocycles. The van der Waals surface area contributed by atoms with E-state index in [2.05, 4.69) is 21.1 Å². The molecule has 0 fully saturated rings. The standard InChI is InChI=1S/C24H23F2N3O2/c1-16-9-19(13-28-12-18-3-2-8-27-11-18)10-20-15-29(23(30)22(16)20)14-17-4-6-21(7-5-17)31-24(25)26/h2-11,24,28H,12-15H2,1H3. The van der Waals surface area contributed by atoms with Crippen molar-refractivity contribution in [3.05, 3.63) is 94.3 Å². The van der Waals surface area contributed by atoms with E-state index in [0.29, 0.717) is 19.6 Å². The van der Waals surface area contributed by atoms with Gasteiger partial charge in [0.15, 0.2) is 0 Å². The van der Waals surface area contributed by atoms with E-state index in [-0.39, 0.29) is 11.7 Å². The molecule has 0 bridgehead atoms. The Balaban J connectivity index is 1.40. The van der Waals surface area contributed by atoms with E-state index in [0.717, 1.165) is 39.9 Å². The summed E-state index contributed by atoms with van der Waals surface area (Å²) in [5.74, 6) is 0.101. The average molecular weight is 423 g/mol. The average Bonchev–Trinajstić information content (AvgIpc) is 3.05. The molecule has 0 unspecified atom stereocenters. The van der Waals surface area contributed by atoms with Gasteiger partial charge >= 0.3 is 6.61 Å². The molecule has 1 N–H and O–H groups in total. The molecule has 2 heterocycles. The van der Waals surface area contributed by atoms with E-state index < -0.39 is 6.61 Å². The molecule has 0 atom stereocenters. The quantitative estimate of drug-likeness (QED) is 0.582. The lowest BCUT2D eigenvalue weighted by Gasteiger charge is -2.16. The van der Waals surface area contributed by atoms with Crippen LogP contribution in [0.25, 0.3) is 0 Å². The van der Waals surface area contributed by atoms with Crippen LogP contribution in [0.4, 0.5) is 8.78 Å². The van der Waals surface area contributed by atoms with Gasteiger partial charge in [-0.15, -0.1) is 0 Å². The van der Waals surface area contributed by atoms with Crippen molar-refractivity contribution in [2.45, 2.75) is 39.7 Å². The Hall–Kier alpha value is -3.32. The number of fused-ring (bicyclic) bond motifs is 1. The molecular weight excluding hydrogens is 400 g/mol. The van der Waals surface area contributed by atoms with Crippen molar-refractivity contribution in [2.75, 3.05) is 0 Å². The molecule has 1 aromatic heterocycles. The molecule has 31 heavy (non-hydrogen) atoms. The number of nitrogens with one attached hydrogen (secondary N) is 1. The molecular formula is C24H23F2N3O2. The van der Waals surface area contributed by atoms with Crippen molar-refractivity contribution in [1.82, 2.24) is 15.2 Å². The molecule has 0 aliphatic carbocycles. The molecule has 4 rings (SSSR count). The molecule has 0 spiro atoms. The van der Waals surface area contributed by atoms with Crippen LogP contribution in [0.15, 0.2) is 60.9 Å². The highest BCUT2D eigenvalue weighted by atomic mass is 19.3. The van der Waals surface area contributed by atoms with Gasteiger partial charge in [0.1, 0.15) is 5.75 Å². The number of ether oxygens (including phenoxy) is 1. The molecule has 1 aliphatic heterocycles. The highest BCUT2D eigenvalue weighted by Gasteiger charge is 2.29. The van der Waals surface area contributed by atoms with Crippen LogP contribution < -0.4 is 10.1 Å². The third-order valence-electron chi connectivity index (χ3n) is 5.24. The zero-order valence-corrected chi connectivity index (χ0v) is 17.1. The van der Waals surface area contributed by atoms with Gasteiger partial charge in [0.2, 0.25) is 0 Å². The summed E-state index contributed by atoms with van der Waals surface area (Å²) in [4.78, 5) is 18.8. The normalized spacial score (nSPS) is 13.0. The molecule has 7 heteroatoms. The van der Waals surface area contributed by atoms with Crippen molar-refractivity contribution in [2.24, 2.45) is 0 Å². The van der Waals surface area contributed by atoms with E-state index in [1.54, 1.807) is 23.2 Å². The molecule has 0 radical (unpaired) electrons. The van der Waals surface area contributed by atoms with Gasteiger partial charge in [-0.05, 0) is 52.9 Å². The lowest BCUT2D eigenvalue weighted by Crippen LogP contribution is -2.23. The SMILES string of the molecule is Cc1cc(CNCc2cccnc2)cc2c1C(=O)N(Cc1ccc(OC(F)F)cc1)C2. The number of halogens is 2. The van der Waals surface area contributed by atoms with E-state index in [1.165, 1.54) is 12.1 Å². The summed E-state index contributed by atoms with van der Waals surface area (Å²) >= 11 is 0. The first-order valence-electron chi connectivity index (χ1n) is 10.0. The molecule has 1 aliphatic rings. The van der Waals surface area contributed by atoms with Crippen LogP contribution in [0.3, 0.4) is 0 Å². The fourth-order valence-corrected chi connectivity index (χ4v) is 3.89. The number of amides is 1. The maximum atomic E-state index is 12.9. The smallest absolute Gasteiger partial charge is 0.387 e. The van der Waals surface area contributed by atoms with Gasteiger partial charge in [-0.25, -0.2) is 0 Å². The highest BCUT2D eigenvalue weighted by molar-refractivity contribution is 5.99. The third kappa shape index (κ3) is 5.06. The zero-order valence-electron chi connectivity index (χ0n) is 17.1. The highest BCUT2D eigenvalue weighted by Crippen LogP contribution is 2.29. The number of hydrogen-bond donors (Lipinski definition) is 1. The summed E-state index contributed by atoms with van der Waals surface area (Å²) in [6, 6.07) is 14.5. The Labute approximate surface area is 179 Å². The second kappa shape index (κ2) is 9.22. The van der Waals surface area contributed by atoms with E-state index >= 15 is 0 Å². The first kappa shape index (κ1) is 20.9. The van der Waals surface area contributed by atoms with Crippen molar-refractivity contribution < 1.29 is 18.3 Å². The van der Waals surface area contributed by atoms with Crippen LogP contribution in [-0.2, 0) is 26.2 Å². The second-order valence-corrected chi connectivity index (χ2v) is 7.60. The first-order chi connectivity index (χ1) is 15.0. The Kier molecular flexibility index (Phi) is 6.23. The van der Waals surface area contributed by atoms with Crippen molar-refractivity contribution in [3.8, 4) is 5.75 Å². The van der Waals surface area contributed by atoms with Gasteiger partial charge in [-0.3, -0.25) is 9.78 Å².